The fraction of sp³-hybridized carbons (Fsp3) is 0.923. The van der Waals surface area contributed by atoms with Crippen LogP contribution < -0.4 is 5.32 Å². The van der Waals surface area contributed by atoms with E-state index in [9.17, 15) is 4.79 Å². The van der Waals surface area contributed by atoms with Crippen LogP contribution in [-0.4, -0.2) is 62.9 Å². The highest BCUT2D eigenvalue weighted by Crippen LogP contribution is 2.35. The van der Waals surface area contributed by atoms with Gasteiger partial charge in [-0.15, -0.1) is 0 Å². The smallest absolute Gasteiger partial charge is 0.327 e. The molecule has 18 heavy (non-hydrogen) atoms. The second-order valence-corrected chi connectivity index (χ2v) is 5.18. The van der Waals surface area contributed by atoms with E-state index >= 15 is 0 Å². The van der Waals surface area contributed by atoms with Gasteiger partial charge in [-0.05, 0) is 25.8 Å². The summed E-state index contributed by atoms with van der Waals surface area (Å²) in [5.41, 5.74) is -0.520. The molecule has 2 aliphatic rings. The SMILES string of the molecule is COCCNC1(C(=O)OC)CCN2CCCCC21. The Bertz CT molecular complexity index is 298. The number of fused-ring (bicyclic) bond motifs is 1. The van der Waals surface area contributed by atoms with Crippen LogP contribution in [0.1, 0.15) is 25.7 Å². The summed E-state index contributed by atoms with van der Waals surface area (Å²) in [6.07, 6.45) is 4.36. The van der Waals surface area contributed by atoms with E-state index in [4.69, 9.17) is 9.47 Å². The lowest BCUT2D eigenvalue weighted by Crippen LogP contribution is -2.61. The van der Waals surface area contributed by atoms with E-state index in [0.29, 0.717) is 13.2 Å². The predicted octanol–water partition coefficient (Wildman–Crippen LogP) is 0.392. The molecule has 2 unspecified atom stereocenters. The molecule has 104 valence electrons. The fourth-order valence-electron chi connectivity index (χ4n) is 3.38. The predicted molar refractivity (Wildman–Crippen MR) is 68.5 cm³/mol. The Kier molecular flexibility index (Phi) is 4.59. The lowest BCUT2D eigenvalue weighted by Gasteiger charge is -2.39. The first-order chi connectivity index (χ1) is 8.74. The molecular weight excluding hydrogens is 232 g/mol. The summed E-state index contributed by atoms with van der Waals surface area (Å²) in [6, 6.07) is 0.288. The van der Waals surface area contributed by atoms with Gasteiger partial charge in [0.1, 0.15) is 5.54 Å². The molecule has 2 atom stereocenters. The second kappa shape index (κ2) is 5.99. The monoisotopic (exact) mass is 256 g/mol. The van der Waals surface area contributed by atoms with Crippen molar-refractivity contribution < 1.29 is 14.3 Å². The van der Waals surface area contributed by atoms with Crippen LogP contribution in [0.2, 0.25) is 0 Å². The van der Waals surface area contributed by atoms with Gasteiger partial charge in [-0.2, -0.15) is 0 Å². The summed E-state index contributed by atoms with van der Waals surface area (Å²) in [5.74, 6) is -0.118. The van der Waals surface area contributed by atoms with Crippen molar-refractivity contribution in [2.24, 2.45) is 0 Å². The van der Waals surface area contributed by atoms with E-state index in [1.165, 1.54) is 20.0 Å². The van der Waals surface area contributed by atoms with E-state index in [-0.39, 0.29) is 12.0 Å². The molecule has 2 heterocycles. The Morgan fingerprint density at radius 1 is 1.39 bits per heavy atom. The summed E-state index contributed by atoms with van der Waals surface area (Å²) in [5, 5.41) is 3.40. The van der Waals surface area contributed by atoms with E-state index in [0.717, 1.165) is 25.9 Å². The molecule has 0 radical (unpaired) electrons. The minimum atomic E-state index is -0.520. The molecule has 2 aliphatic heterocycles. The number of ether oxygens (including phenoxy) is 2. The summed E-state index contributed by atoms with van der Waals surface area (Å²) < 4.78 is 10.1. The molecule has 0 aromatic rings. The van der Waals surface area contributed by atoms with Crippen molar-refractivity contribution in [3.05, 3.63) is 0 Å². The Labute approximate surface area is 109 Å². The van der Waals surface area contributed by atoms with Crippen LogP contribution in [0.3, 0.4) is 0 Å². The van der Waals surface area contributed by atoms with Crippen molar-refractivity contribution in [2.75, 3.05) is 40.5 Å². The molecule has 5 heteroatoms. The second-order valence-electron chi connectivity index (χ2n) is 5.18. The van der Waals surface area contributed by atoms with Gasteiger partial charge in [-0.1, -0.05) is 6.42 Å². The molecule has 0 amide bonds. The zero-order chi connectivity index (χ0) is 13.0. The lowest BCUT2D eigenvalue weighted by molar-refractivity contribution is -0.150. The van der Waals surface area contributed by atoms with Crippen LogP contribution in [0.25, 0.3) is 0 Å². The molecule has 0 aliphatic carbocycles. The molecule has 2 fully saturated rings. The minimum absolute atomic E-state index is 0.118. The van der Waals surface area contributed by atoms with Crippen LogP contribution >= 0.6 is 0 Å². The number of hydrogen-bond acceptors (Lipinski definition) is 5. The highest BCUT2D eigenvalue weighted by Gasteiger charge is 2.53. The van der Waals surface area contributed by atoms with Crippen molar-refractivity contribution in [3.8, 4) is 0 Å². The molecule has 0 aromatic heterocycles. The first-order valence-electron chi connectivity index (χ1n) is 6.81. The van der Waals surface area contributed by atoms with Gasteiger partial charge in [0.15, 0.2) is 0 Å². The fourth-order valence-corrected chi connectivity index (χ4v) is 3.38. The first-order valence-corrected chi connectivity index (χ1v) is 6.81. The standard InChI is InChI=1S/C13H24N2O3/c1-17-10-7-14-13(12(16)18-2)6-9-15-8-4-3-5-11(13)15/h11,14H,3-10H2,1-2H3. The topological polar surface area (TPSA) is 50.8 Å². The van der Waals surface area contributed by atoms with Crippen LogP contribution in [-0.2, 0) is 14.3 Å². The number of carbonyl (C=O) groups excluding carboxylic acids is 1. The highest BCUT2D eigenvalue weighted by molar-refractivity contribution is 5.82. The number of rotatable bonds is 5. The van der Waals surface area contributed by atoms with Crippen LogP contribution in [0.5, 0.6) is 0 Å². The molecule has 0 aromatic carbocycles. The average Bonchev–Trinajstić information content (AvgIpc) is 2.79. The summed E-state index contributed by atoms with van der Waals surface area (Å²) in [4.78, 5) is 14.7. The number of esters is 1. The van der Waals surface area contributed by atoms with Crippen LogP contribution in [0, 0.1) is 0 Å². The van der Waals surface area contributed by atoms with Gasteiger partial charge in [0.05, 0.1) is 13.7 Å². The Morgan fingerprint density at radius 3 is 2.94 bits per heavy atom. The summed E-state index contributed by atoms with van der Waals surface area (Å²) >= 11 is 0. The average molecular weight is 256 g/mol. The first kappa shape index (κ1) is 13.8. The molecule has 2 saturated heterocycles. The molecule has 0 saturated carbocycles. The van der Waals surface area contributed by atoms with E-state index in [1.54, 1.807) is 7.11 Å². The van der Waals surface area contributed by atoms with Gasteiger partial charge in [-0.3, -0.25) is 10.2 Å². The van der Waals surface area contributed by atoms with E-state index < -0.39 is 5.54 Å². The maximum Gasteiger partial charge on any atom is 0.327 e. The lowest BCUT2D eigenvalue weighted by atomic mass is 9.85. The normalized spacial score (nSPS) is 32.2. The van der Waals surface area contributed by atoms with Crippen LogP contribution in [0.15, 0.2) is 0 Å². The van der Waals surface area contributed by atoms with Crippen molar-refractivity contribution in [2.45, 2.75) is 37.3 Å². The van der Waals surface area contributed by atoms with Crippen molar-refractivity contribution in [1.29, 1.82) is 0 Å². The zero-order valence-electron chi connectivity index (χ0n) is 11.4. The molecule has 0 spiro atoms. The molecule has 0 bridgehead atoms. The van der Waals surface area contributed by atoms with E-state index in [1.807, 2.05) is 0 Å². The largest absolute Gasteiger partial charge is 0.468 e. The minimum Gasteiger partial charge on any atom is -0.468 e. The Hall–Kier alpha value is -0.650. The van der Waals surface area contributed by atoms with Gasteiger partial charge in [0.2, 0.25) is 0 Å². The Morgan fingerprint density at radius 2 is 2.22 bits per heavy atom. The third kappa shape index (κ3) is 2.39. The number of carbonyl (C=O) groups is 1. The molecule has 1 N–H and O–H groups in total. The van der Waals surface area contributed by atoms with Gasteiger partial charge in [0.25, 0.3) is 0 Å². The third-order valence-electron chi connectivity index (χ3n) is 4.27. The molecular formula is C13H24N2O3. The number of methoxy groups -OCH3 is 2. The Balaban J connectivity index is 2.11. The molecule has 5 nitrogen and oxygen atoms in total. The van der Waals surface area contributed by atoms with Crippen molar-refractivity contribution in [3.63, 3.8) is 0 Å². The maximum absolute atomic E-state index is 12.2. The van der Waals surface area contributed by atoms with Gasteiger partial charge in [0, 0.05) is 26.2 Å². The van der Waals surface area contributed by atoms with E-state index in [2.05, 4.69) is 10.2 Å². The van der Waals surface area contributed by atoms with Crippen LogP contribution in [0.4, 0.5) is 0 Å². The van der Waals surface area contributed by atoms with Crippen molar-refractivity contribution in [1.82, 2.24) is 10.2 Å². The molecule has 2 rings (SSSR count). The maximum atomic E-state index is 12.2. The van der Waals surface area contributed by atoms with Gasteiger partial charge in [-0.25, -0.2) is 4.79 Å². The number of piperidine rings is 1. The van der Waals surface area contributed by atoms with Crippen molar-refractivity contribution >= 4 is 5.97 Å². The quantitative estimate of drug-likeness (QED) is 0.570. The number of nitrogens with one attached hydrogen (secondary N) is 1. The summed E-state index contributed by atoms with van der Waals surface area (Å²) in [6.45, 7) is 3.40. The number of hydrogen-bond donors (Lipinski definition) is 1. The van der Waals surface area contributed by atoms with Gasteiger partial charge >= 0.3 is 5.97 Å². The summed E-state index contributed by atoms with van der Waals surface area (Å²) in [7, 11) is 3.15. The zero-order valence-corrected chi connectivity index (χ0v) is 11.4. The number of nitrogens with zero attached hydrogens (tertiary/aromatic N) is 1. The van der Waals surface area contributed by atoms with Gasteiger partial charge < -0.3 is 9.47 Å². The highest BCUT2D eigenvalue weighted by atomic mass is 16.5. The third-order valence-corrected chi connectivity index (χ3v) is 4.27.